The van der Waals surface area contributed by atoms with E-state index in [1.807, 2.05) is 56.6 Å². The second kappa shape index (κ2) is 12.0. The summed E-state index contributed by atoms with van der Waals surface area (Å²) < 4.78 is 33.4. The number of benzene rings is 2. The molecule has 2 aromatic carbocycles. The number of aromatic nitrogens is 4. The molecule has 220 valence electrons. The van der Waals surface area contributed by atoms with Crippen molar-refractivity contribution in [3.05, 3.63) is 83.7 Å². The van der Waals surface area contributed by atoms with Gasteiger partial charge in [0.15, 0.2) is 0 Å². The van der Waals surface area contributed by atoms with Gasteiger partial charge in [0, 0.05) is 56.0 Å². The number of halogens is 2. The van der Waals surface area contributed by atoms with Gasteiger partial charge in [0.2, 0.25) is 0 Å². The van der Waals surface area contributed by atoms with Crippen molar-refractivity contribution in [3.8, 4) is 16.9 Å². The lowest BCUT2D eigenvalue weighted by Gasteiger charge is -2.34. The first kappa shape index (κ1) is 28.0. The fourth-order valence-electron chi connectivity index (χ4n) is 6.60. The van der Waals surface area contributed by atoms with Crippen LogP contribution in [0.5, 0.6) is 0 Å². The molecule has 2 aromatic heterocycles. The fraction of sp³-hybridized carbons (Fsp3) is 0.387. The number of hydrogen-bond donors (Lipinski definition) is 2. The van der Waals surface area contributed by atoms with E-state index in [4.69, 9.17) is 5.10 Å². The molecule has 2 amide bonds. The number of urea groups is 1. The molecule has 9 nitrogen and oxygen atoms in total. The fourth-order valence-corrected chi connectivity index (χ4v) is 6.60. The van der Waals surface area contributed by atoms with Crippen LogP contribution in [0.1, 0.15) is 29.0 Å². The number of rotatable bonds is 9. The first-order chi connectivity index (χ1) is 20.4. The van der Waals surface area contributed by atoms with Crippen LogP contribution in [-0.4, -0.2) is 69.4 Å². The molecule has 6 rings (SSSR count). The van der Waals surface area contributed by atoms with Gasteiger partial charge in [-0.3, -0.25) is 14.9 Å². The van der Waals surface area contributed by atoms with E-state index in [1.54, 1.807) is 15.6 Å². The highest BCUT2D eigenvalue weighted by Crippen LogP contribution is 2.44. The quantitative estimate of drug-likeness (QED) is 0.294. The van der Waals surface area contributed by atoms with Crippen molar-refractivity contribution in [1.82, 2.24) is 29.8 Å². The van der Waals surface area contributed by atoms with E-state index in [9.17, 15) is 13.6 Å². The molecule has 1 saturated heterocycles. The highest BCUT2D eigenvalue weighted by atomic mass is 19.3. The number of aryl methyl sites for hydroxylation is 2. The highest BCUT2D eigenvalue weighted by molar-refractivity contribution is 5.90. The number of fused-ring (bicyclic) bond motifs is 3. The predicted octanol–water partition coefficient (Wildman–Crippen LogP) is 4.97. The zero-order valence-corrected chi connectivity index (χ0v) is 23.7. The summed E-state index contributed by atoms with van der Waals surface area (Å²) in [6.45, 7) is 0.714. The first-order valence-electron chi connectivity index (χ1n) is 14.3. The molecule has 11 heteroatoms. The van der Waals surface area contributed by atoms with Gasteiger partial charge in [0.05, 0.1) is 18.5 Å². The Hall–Kier alpha value is -4.09. The van der Waals surface area contributed by atoms with Crippen LogP contribution in [0.15, 0.2) is 67.0 Å². The van der Waals surface area contributed by atoms with Crippen molar-refractivity contribution in [3.63, 3.8) is 0 Å². The number of ether oxygens (including phenoxy) is 1. The predicted molar refractivity (Wildman–Crippen MR) is 156 cm³/mol. The van der Waals surface area contributed by atoms with Crippen LogP contribution in [0.25, 0.3) is 16.9 Å². The summed E-state index contributed by atoms with van der Waals surface area (Å²) in [6, 6.07) is 18.0. The smallest absolute Gasteiger partial charge is 0.337 e. The van der Waals surface area contributed by atoms with Crippen LogP contribution < -0.4 is 10.6 Å². The number of anilines is 1. The van der Waals surface area contributed by atoms with Gasteiger partial charge in [-0.05, 0) is 48.9 Å². The Morgan fingerprint density at radius 2 is 1.93 bits per heavy atom. The molecule has 0 radical (unpaired) electrons. The standard InChI is InChI=1S/C31H35F2N7O2/c1-20-28(23-17-35-38(2)18-23)37-40(24-9-4-3-5-10-24)29(20)36-31(41)34-16-22-19-39(14-15-42-30(32)33)26-13-12-21-8-6-7-11-25(21)27(22)26/h3-11,17-18,22,26-27,30H,12-16,19H2,1-2H3,(H2,34,36,41)/t22-,26+,27-/m1/s1. The van der Waals surface area contributed by atoms with Gasteiger partial charge < -0.3 is 10.1 Å². The lowest BCUT2D eigenvalue weighted by atomic mass is 9.75. The summed E-state index contributed by atoms with van der Waals surface area (Å²) in [7, 11) is 1.85. The molecule has 1 fully saturated rings. The number of nitrogens with one attached hydrogen (secondary N) is 2. The molecule has 0 spiro atoms. The minimum absolute atomic E-state index is 0.0226. The van der Waals surface area contributed by atoms with Gasteiger partial charge in [-0.15, -0.1) is 0 Å². The molecule has 3 atom stereocenters. The van der Waals surface area contributed by atoms with Crippen molar-refractivity contribution < 1.29 is 18.3 Å². The van der Waals surface area contributed by atoms with Gasteiger partial charge in [-0.2, -0.15) is 19.0 Å². The summed E-state index contributed by atoms with van der Waals surface area (Å²) in [4.78, 5) is 15.6. The largest absolute Gasteiger partial charge is 0.345 e. The maximum atomic E-state index is 13.4. The molecule has 1 aliphatic heterocycles. The number of nitrogens with zero attached hydrogens (tertiary/aromatic N) is 5. The highest BCUT2D eigenvalue weighted by Gasteiger charge is 2.44. The number of hydrogen-bond acceptors (Lipinski definition) is 5. The monoisotopic (exact) mass is 575 g/mol. The molecule has 1 aliphatic carbocycles. The Kier molecular flexibility index (Phi) is 8.03. The molecule has 2 N–H and O–H groups in total. The third-order valence-electron chi connectivity index (χ3n) is 8.46. The zero-order valence-electron chi connectivity index (χ0n) is 23.7. The van der Waals surface area contributed by atoms with E-state index in [0.29, 0.717) is 25.5 Å². The van der Waals surface area contributed by atoms with Gasteiger partial charge in [0.1, 0.15) is 11.5 Å². The molecule has 42 heavy (non-hydrogen) atoms. The van der Waals surface area contributed by atoms with Gasteiger partial charge in [-0.1, -0.05) is 42.5 Å². The SMILES string of the molecule is Cc1c(-c2cnn(C)c2)nn(-c2ccccc2)c1NC(=O)NC[C@@H]1CN(CCOC(F)F)[C@H]2CCc3ccccc3[C@@H]12. The lowest BCUT2D eigenvalue weighted by Crippen LogP contribution is -2.37. The van der Waals surface area contributed by atoms with Crippen molar-refractivity contribution >= 4 is 11.8 Å². The maximum absolute atomic E-state index is 13.4. The molecule has 0 unspecified atom stereocenters. The molecule has 4 aromatic rings. The van der Waals surface area contributed by atoms with Crippen molar-refractivity contribution in [2.45, 2.75) is 38.3 Å². The third-order valence-corrected chi connectivity index (χ3v) is 8.46. The van der Waals surface area contributed by atoms with E-state index < -0.39 is 6.61 Å². The van der Waals surface area contributed by atoms with Gasteiger partial charge in [0.25, 0.3) is 0 Å². The Balaban J connectivity index is 1.21. The summed E-state index contributed by atoms with van der Waals surface area (Å²) in [5, 5.41) is 15.3. The molecular formula is C31H35F2N7O2. The van der Waals surface area contributed by atoms with E-state index in [-0.39, 0.29) is 30.5 Å². The second-order valence-electron chi connectivity index (χ2n) is 11.0. The summed E-state index contributed by atoms with van der Waals surface area (Å²) in [6.07, 6.45) is 5.55. The average molecular weight is 576 g/mol. The summed E-state index contributed by atoms with van der Waals surface area (Å²) in [5.41, 5.74) is 5.86. The Labute approximate surface area is 243 Å². The Bertz CT molecular complexity index is 1540. The van der Waals surface area contributed by atoms with Crippen LogP contribution in [0.2, 0.25) is 0 Å². The van der Waals surface area contributed by atoms with Crippen LogP contribution in [0.3, 0.4) is 0 Å². The molecule has 0 bridgehead atoms. The third kappa shape index (κ3) is 5.66. The minimum Gasteiger partial charge on any atom is -0.337 e. The van der Waals surface area contributed by atoms with E-state index in [0.717, 1.165) is 35.3 Å². The number of para-hydroxylation sites is 1. The Morgan fingerprint density at radius 1 is 1.14 bits per heavy atom. The number of amides is 2. The number of likely N-dealkylation sites (tertiary alicyclic amines) is 1. The van der Waals surface area contributed by atoms with Crippen molar-refractivity contribution in [1.29, 1.82) is 0 Å². The minimum atomic E-state index is -2.77. The van der Waals surface area contributed by atoms with Crippen molar-refractivity contribution in [2.75, 3.05) is 31.6 Å². The van der Waals surface area contributed by atoms with Crippen molar-refractivity contribution in [2.24, 2.45) is 13.0 Å². The summed E-state index contributed by atoms with van der Waals surface area (Å²) in [5.74, 6) is 0.908. The van der Waals surface area contributed by atoms with E-state index in [2.05, 4.69) is 43.6 Å². The Morgan fingerprint density at radius 3 is 2.69 bits per heavy atom. The van der Waals surface area contributed by atoms with Gasteiger partial charge in [-0.25, -0.2) is 9.48 Å². The van der Waals surface area contributed by atoms with Gasteiger partial charge >= 0.3 is 12.6 Å². The van der Waals surface area contributed by atoms with Crippen LogP contribution >= 0.6 is 0 Å². The molecule has 0 saturated carbocycles. The molecule has 2 aliphatic rings. The van der Waals surface area contributed by atoms with Crippen LogP contribution in [0, 0.1) is 12.8 Å². The average Bonchev–Trinajstić information content (AvgIpc) is 3.67. The summed E-state index contributed by atoms with van der Waals surface area (Å²) >= 11 is 0. The first-order valence-corrected chi connectivity index (χ1v) is 14.3. The maximum Gasteiger partial charge on any atom is 0.345 e. The topological polar surface area (TPSA) is 89.2 Å². The number of carbonyl (C=O) groups excluding carboxylic acids is 1. The number of carbonyl (C=O) groups is 1. The van der Waals surface area contributed by atoms with Crippen LogP contribution in [0.4, 0.5) is 19.4 Å². The second-order valence-corrected chi connectivity index (χ2v) is 11.0. The lowest BCUT2D eigenvalue weighted by molar-refractivity contribution is -0.132. The normalized spacial score (nSPS) is 20.0. The molecular weight excluding hydrogens is 540 g/mol. The number of alkyl halides is 2. The van der Waals surface area contributed by atoms with Crippen LogP contribution in [-0.2, 0) is 18.2 Å². The molecule has 3 heterocycles. The zero-order chi connectivity index (χ0) is 29.2. The van der Waals surface area contributed by atoms with E-state index >= 15 is 0 Å². The van der Waals surface area contributed by atoms with E-state index in [1.165, 1.54) is 11.1 Å².